The van der Waals surface area contributed by atoms with Crippen molar-refractivity contribution < 1.29 is 4.79 Å². The molecule has 0 bridgehead atoms. The van der Waals surface area contributed by atoms with Gasteiger partial charge in [-0.25, -0.2) is 0 Å². The minimum atomic E-state index is -0.178. The Morgan fingerprint density at radius 1 is 1.12 bits per heavy atom. The molecule has 0 aliphatic rings. The molecule has 1 heterocycles. The molecule has 0 aliphatic carbocycles. The van der Waals surface area contributed by atoms with Crippen molar-refractivity contribution in [2.45, 2.75) is 13.0 Å². The largest absolute Gasteiger partial charge is 0.324 e. The summed E-state index contributed by atoms with van der Waals surface area (Å²) in [5.74, 6) is -0.178. The summed E-state index contributed by atoms with van der Waals surface area (Å²) >= 11 is 13.7. The van der Waals surface area contributed by atoms with Gasteiger partial charge in [0, 0.05) is 9.90 Å². The van der Waals surface area contributed by atoms with Gasteiger partial charge in [-0.2, -0.15) is 0 Å². The standard InChI is InChI=1S/C20H18Cl2N2OS/c1-13-4-6-14(7-5-13)20(18-3-2-10-26-18)23-12-19(25)24-17-11-15(21)8-9-16(17)22/h2-11,20,23H,12H2,1H3,(H,24,25)/t20-/m0/s1. The van der Waals surface area contributed by atoms with Crippen molar-refractivity contribution in [2.24, 2.45) is 0 Å². The van der Waals surface area contributed by atoms with E-state index in [-0.39, 0.29) is 18.5 Å². The highest BCUT2D eigenvalue weighted by Crippen LogP contribution is 2.27. The first kappa shape index (κ1) is 18.9. The van der Waals surface area contributed by atoms with Gasteiger partial charge in [0.1, 0.15) is 0 Å². The Morgan fingerprint density at radius 2 is 1.88 bits per heavy atom. The molecule has 3 aromatic rings. The van der Waals surface area contributed by atoms with Crippen LogP contribution in [0.1, 0.15) is 22.0 Å². The monoisotopic (exact) mass is 404 g/mol. The number of hydrogen-bond acceptors (Lipinski definition) is 3. The lowest BCUT2D eigenvalue weighted by molar-refractivity contribution is -0.115. The summed E-state index contributed by atoms with van der Waals surface area (Å²) in [6.45, 7) is 2.21. The average Bonchev–Trinajstić information content (AvgIpc) is 3.14. The van der Waals surface area contributed by atoms with E-state index in [9.17, 15) is 4.79 Å². The van der Waals surface area contributed by atoms with Crippen LogP contribution in [0.4, 0.5) is 5.69 Å². The van der Waals surface area contributed by atoms with E-state index < -0.39 is 0 Å². The maximum Gasteiger partial charge on any atom is 0.238 e. The second-order valence-corrected chi connectivity index (χ2v) is 7.74. The number of carbonyl (C=O) groups is 1. The smallest absolute Gasteiger partial charge is 0.238 e. The minimum absolute atomic E-state index is 0.0452. The molecule has 0 saturated carbocycles. The molecule has 134 valence electrons. The third-order valence-electron chi connectivity index (χ3n) is 3.91. The predicted molar refractivity (Wildman–Crippen MR) is 110 cm³/mol. The quantitative estimate of drug-likeness (QED) is 0.554. The van der Waals surface area contributed by atoms with E-state index in [2.05, 4.69) is 47.9 Å². The van der Waals surface area contributed by atoms with Gasteiger partial charge >= 0.3 is 0 Å². The average molecular weight is 405 g/mol. The highest BCUT2D eigenvalue weighted by Gasteiger charge is 2.16. The van der Waals surface area contributed by atoms with Crippen LogP contribution in [0.25, 0.3) is 0 Å². The second-order valence-electron chi connectivity index (χ2n) is 5.91. The minimum Gasteiger partial charge on any atom is -0.324 e. The number of rotatable bonds is 6. The molecule has 0 fully saturated rings. The van der Waals surface area contributed by atoms with Crippen LogP contribution in [-0.2, 0) is 4.79 Å². The first-order valence-electron chi connectivity index (χ1n) is 8.11. The molecule has 0 saturated heterocycles. The summed E-state index contributed by atoms with van der Waals surface area (Å²) < 4.78 is 0. The summed E-state index contributed by atoms with van der Waals surface area (Å²) in [5, 5.41) is 9.14. The van der Waals surface area contributed by atoms with E-state index >= 15 is 0 Å². The van der Waals surface area contributed by atoms with Crippen molar-refractivity contribution in [3.8, 4) is 0 Å². The number of aryl methyl sites for hydroxylation is 1. The number of benzene rings is 2. The number of carbonyl (C=O) groups excluding carboxylic acids is 1. The van der Waals surface area contributed by atoms with Gasteiger partial charge in [0.25, 0.3) is 0 Å². The van der Waals surface area contributed by atoms with Gasteiger partial charge in [0.2, 0.25) is 5.91 Å². The fraction of sp³-hybridized carbons (Fsp3) is 0.150. The van der Waals surface area contributed by atoms with Gasteiger partial charge in [0.15, 0.2) is 0 Å². The van der Waals surface area contributed by atoms with E-state index in [1.165, 1.54) is 5.56 Å². The normalized spacial score (nSPS) is 12.0. The molecule has 0 aliphatic heterocycles. The topological polar surface area (TPSA) is 41.1 Å². The lowest BCUT2D eigenvalue weighted by atomic mass is 10.0. The van der Waals surface area contributed by atoms with Crippen molar-refractivity contribution in [2.75, 3.05) is 11.9 Å². The SMILES string of the molecule is Cc1ccc([C@H](NCC(=O)Nc2cc(Cl)ccc2Cl)c2cccs2)cc1. The lowest BCUT2D eigenvalue weighted by Gasteiger charge is -2.18. The predicted octanol–water partition coefficient (Wildman–Crippen LogP) is 5.68. The van der Waals surface area contributed by atoms with Crippen LogP contribution in [-0.4, -0.2) is 12.5 Å². The van der Waals surface area contributed by atoms with Gasteiger partial charge in [-0.05, 0) is 42.1 Å². The number of hydrogen-bond donors (Lipinski definition) is 2. The molecule has 3 rings (SSSR count). The van der Waals surface area contributed by atoms with E-state index in [1.807, 2.05) is 11.4 Å². The van der Waals surface area contributed by atoms with Crippen molar-refractivity contribution in [3.63, 3.8) is 0 Å². The number of halogens is 2. The van der Waals surface area contributed by atoms with Gasteiger partial charge in [-0.15, -0.1) is 11.3 Å². The summed E-state index contributed by atoms with van der Waals surface area (Å²) in [5.41, 5.74) is 2.83. The number of nitrogens with one attached hydrogen (secondary N) is 2. The third-order valence-corrected chi connectivity index (χ3v) is 5.41. The molecule has 1 atom stereocenters. The lowest BCUT2D eigenvalue weighted by Crippen LogP contribution is -2.31. The highest BCUT2D eigenvalue weighted by molar-refractivity contribution is 7.10. The first-order valence-corrected chi connectivity index (χ1v) is 9.75. The van der Waals surface area contributed by atoms with Crippen LogP contribution in [0, 0.1) is 6.92 Å². The maximum absolute atomic E-state index is 12.4. The maximum atomic E-state index is 12.4. The van der Waals surface area contributed by atoms with Crippen molar-refractivity contribution in [1.29, 1.82) is 0 Å². The zero-order valence-electron chi connectivity index (χ0n) is 14.1. The Bertz CT molecular complexity index is 879. The van der Waals surface area contributed by atoms with E-state index in [0.29, 0.717) is 15.7 Å². The summed E-state index contributed by atoms with van der Waals surface area (Å²) in [6, 6.07) is 17.3. The van der Waals surface area contributed by atoms with Gasteiger partial charge in [-0.1, -0.05) is 59.1 Å². The number of anilines is 1. The van der Waals surface area contributed by atoms with E-state index in [4.69, 9.17) is 23.2 Å². The Hall–Kier alpha value is -1.85. The molecule has 1 aromatic heterocycles. The van der Waals surface area contributed by atoms with Gasteiger partial charge in [-0.3, -0.25) is 10.1 Å². The fourth-order valence-corrected chi connectivity index (χ4v) is 3.74. The summed E-state index contributed by atoms with van der Waals surface area (Å²) in [6.07, 6.45) is 0. The Kier molecular flexibility index (Phi) is 6.33. The van der Waals surface area contributed by atoms with Crippen molar-refractivity contribution >= 4 is 46.1 Å². The summed E-state index contributed by atoms with van der Waals surface area (Å²) in [7, 11) is 0. The van der Waals surface area contributed by atoms with Crippen LogP contribution in [0.3, 0.4) is 0 Å². The van der Waals surface area contributed by atoms with Crippen LogP contribution >= 0.6 is 34.5 Å². The first-order chi connectivity index (χ1) is 12.5. The Balaban J connectivity index is 1.70. The third kappa shape index (κ3) is 4.86. The molecule has 0 unspecified atom stereocenters. The Morgan fingerprint density at radius 3 is 2.58 bits per heavy atom. The van der Waals surface area contributed by atoms with Crippen LogP contribution in [0.15, 0.2) is 60.0 Å². The van der Waals surface area contributed by atoms with Gasteiger partial charge in [0.05, 0.1) is 23.3 Å². The van der Waals surface area contributed by atoms with Crippen molar-refractivity contribution in [3.05, 3.63) is 86.0 Å². The van der Waals surface area contributed by atoms with Crippen LogP contribution < -0.4 is 10.6 Å². The molecule has 2 aromatic carbocycles. The molecule has 0 spiro atoms. The molecule has 2 N–H and O–H groups in total. The summed E-state index contributed by atoms with van der Waals surface area (Å²) in [4.78, 5) is 13.5. The molecule has 0 radical (unpaired) electrons. The van der Waals surface area contributed by atoms with Crippen LogP contribution in [0.5, 0.6) is 0 Å². The highest BCUT2D eigenvalue weighted by atomic mass is 35.5. The molecule has 26 heavy (non-hydrogen) atoms. The molecular formula is C20H18Cl2N2OS. The Labute approximate surface area is 167 Å². The van der Waals surface area contributed by atoms with Crippen LogP contribution in [0.2, 0.25) is 10.0 Å². The second kappa shape index (κ2) is 8.69. The van der Waals surface area contributed by atoms with Gasteiger partial charge < -0.3 is 5.32 Å². The molecule has 1 amide bonds. The fourth-order valence-electron chi connectivity index (χ4n) is 2.58. The molecule has 3 nitrogen and oxygen atoms in total. The van der Waals surface area contributed by atoms with E-state index in [0.717, 1.165) is 10.4 Å². The molecular weight excluding hydrogens is 387 g/mol. The zero-order chi connectivity index (χ0) is 18.5. The van der Waals surface area contributed by atoms with Crippen molar-refractivity contribution in [1.82, 2.24) is 5.32 Å². The number of amides is 1. The molecule has 6 heteroatoms. The number of thiophene rings is 1. The van der Waals surface area contributed by atoms with E-state index in [1.54, 1.807) is 29.5 Å². The zero-order valence-corrected chi connectivity index (χ0v) is 16.5.